The van der Waals surface area contributed by atoms with Gasteiger partial charge in [-0.2, -0.15) is 4.31 Å². The Morgan fingerprint density at radius 1 is 1.15 bits per heavy atom. The average molecular weight is 319 g/mol. The van der Waals surface area contributed by atoms with Crippen LogP contribution in [-0.2, 0) is 10.0 Å². The topological polar surface area (TPSA) is 80.5 Å². The Bertz CT molecular complexity index is 610. The minimum Gasteiger partial charge on any atom is -0.258 e. The number of nitrogens with zero attached hydrogens (tertiary/aromatic N) is 2. The summed E-state index contributed by atoms with van der Waals surface area (Å²) in [6.07, 6.45) is 3.67. The summed E-state index contributed by atoms with van der Waals surface area (Å²) >= 11 is 5.91. The van der Waals surface area contributed by atoms with Crippen LogP contribution in [0.1, 0.15) is 25.7 Å². The zero-order chi connectivity index (χ0) is 14.8. The molecule has 1 fully saturated rings. The Labute approximate surface area is 122 Å². The maximum Gasteiger partial charge on any atom is 0.271 e. The molecule has 1 saturated heterocycles. The summed E-state index contributed by atoms with van der Waals surface area (Å²) in [5.41, 5.74) is -0.218. The monoisotopic (exact) mass is 318 g/mol. The van der Waals surface area contributed by atoms with E-state index in [1.165, 1.54) is 10.4 Å². The molecule has 0 spiro atoms. The molecule has 0 atom stereocenters. The summed E-state index contributed by atoms with van der Waals surface area (Å²) in [6.45, 7) is 0.936. The van der Waals surface area contributed by atoms with Gasteiger partial charge in [0, 0.05) is 25.2 Å². The third-order valence-electron chi connectivity index (χ3n) is 3.31. The van der Waals surface area contributed by atoms with Crippen LogP contribution in [0.15, 0.2) is 23.1 Å². The maximum atomic E-state index is 12.5. The standard InChI is InChI=1S/C12H15ClN2O4S/c13-11-9-10(15(16)17)5-6-12(11)20(18,19)14-7-3-1-2-4-8-14/h5-6,9H,1-4,7-8H2. The largest absolute Gasteiger partial charge is 0.271 e. The van der Waals surface area contributed by atoms with Gasteiger partial charge in [-0.15, -0.1) is 0 Å². The number of hydrogen-bond donors (Lipinski definition) is 0. The van der Waals surface area contributed by atoms with Crippen molar-refractivity contribution >= 4 is 27.3 Å². The molecule has 0 radical (unpaired) electrons. The number of benzene rings is 1. The van der Waals surface area contributed by atoms with Crippen LogP contribution in [0, 0.1) is 10.1 Å². The number of sulfonamides is 1. The van der Waals surface area contributed by atoms with Crippen molar-refractivity contribution in [1.29, 1.82) is 0 Å². The predicted molar refractivity (Wildman–Crippen MR) is 75.3 cm³/mol. The van der Waals surface area contributed by atoms with Gasteiger partial charge in [-0.05, 0) is 18.9 Å². The van der Waals surface area contributed by atoms with Crippen LogP contribution in [-0.4, -0.2) is 30.7 Å². The number of halogens is 1. The number of rotatable bonds is 3. The van der Waals surface area contributed by atoms with Crippen molar-refractivity contribution in [2.75, 3.05) is 13.1 Å². The molecule has 0 bridgehead atoms. The zero-order valence-corrected chi connectivity index (χ0v) is 12.4. The second-order valence-electron chi connectivity index (χ2n) is 4.69. The molecule has 0 aromatic heterocycles. The van der Waals surface area contributed by atoms with Crippen LogP contribution >= 0.6 is 11.6 Å². The lowest BCUT2D eigenvalue weighted by Gasteiger charge is -2.20. The molecule has 20 heavy (non-hydrogen) atoms. The number of nitro groups is 1. The molecule has 1 aromatic carbocycles. The number of hydrogen-bond acceptors (Lipinski definition) is 4. The summed E-state index contributed by atoms with van der Waals surface area (Å²) < 4.78 is 26.4. The maximum absolute atomic E-state index is 12.5. The van der Waals surface area contributed by atoms with E-state index < -0.39 is 14.9 Å². The zero-order valence-electron chi connectivity index (χ0n) is 10.8. The Kier molecular flexibility index (Phi) is 4.62. The van der Waals surface area contributed by atoms with Gasteiger partial charge in [-0.3, -0.25) is 10.1 Å². The van der Waals surface area contributed by atoms with Crippen molar-refractivity contribution in [3.8, 4) is 0 Å². The summed E-state index contributed by atoms with van der Waals surface area (Å²) in [5, 5.41) is 10.5. The fourth-order valence-electron chi connectivity index (χ4n) is 2.23. The van der Waals surface area contributed by atoms with Crippen molar-refractivity contribution in [3.05, 3.63) is 33.3 Å². The molecular weight excluding hydrogens is 304 g/mol. The van der Waals surface area contributed by atoms with Crippen LogP contribution < -0.4 is 0 Å². The minimum atomic E-state index is -3.68. The summed E-state index contributed by atoms with van der Waals surface area (Å²) in [4.78, 5) is 9.98. The lowest BCUT2D eigenvalue weighted by molar-refractivity contribution is -0.384. The molecule has 1 heterocycles. The van der Waals surface area contributed by atoms with E-state index >= 15 is 0 Å². The molecule has 0 aliphatic carbocycles. The SMILES string of the molecule is O=[N+]([O-])c1ccc(S(=O)(=O)N2CCCCCC2)c(Cl)c1. The van der Waals surface area contributed by atoms with E-state index in [2.05, 4.69) is 0 Å². The van der Waals surface area contributed by atoms with Crippen LogP contribution in [0.25, 0.3) is 0 Å². The quantitative estimate of drug-likeness (QED) is 0.634. The van der Waals surface area contributed by atoms with Gasteiger partial charge in [0.05, 0.1) is 9.95 Å². The minimum absolute atomic E-state index is 0.0633. The smallest absolute Gasteiger partial charge is 0.258 e. The van der Waals surface area contributed by atoms with Crippen LogP contribution in [0.4, 0.5) is 5.69 Å². The van der Waals surface area contributed by atoms with Gasteiger partial charge < -0.3 is 0 Å². The highest BCUT2D eigenvalue weighted by atomic mass is 35.5. The highest BCUT2D eigenvalue weighted by Gasteiger charge is 2.28. The molecule has 1 aromatic rings. The lowest BCUT2D eigenvalue weighted by atomic mass is 10.2. The van der Waals surface area contributed by atoms with E-state index in [4.69, 9.17) is 11.6 Å². The second kappa shape index (κ2) is 6.07. The van der Waals surface area contributed by atoms with Gasteiger partial charge in [0.2, 0.25) is 10.0 Å². The summed E-state index contributed by atoms with van der Waals surface area (Å²) in [6, 6.07) is 3.45. The first kappa shape index (κ1) is 15.2. The highest BCUT2D eigenvalue weighted by molar-refractivity contribution is 7.89. The molecule has 110 valence electrons. The Morgan fingerprint density at radius 3 is 2.25 bits per heavy atom. The summed E-state index contributed by atoms with van der Waals surface area (Å²) in [5.74, 6) is 0. The predicted octanol–water partition coefficient (Wildman–Crippen LogP) is 2.81. The van der Waals surface area contributed by atoms with Crippen molar-refractivity contribution in [2.24, 2.45) is 0 Å². The molecule has 0 N–H and O–H groups in total. The Hall–Kier alpha value is -1.18. The van der Waals surface area contributed by atoms with Crippen molar-refractivity contribution in [1.82, 2.24) is 4.31 Å². The van der Waals surface area contributed by atoms with E-state index in [0.717, 1.165) is 37.8 Å². The van der Waals surface area contributed by atoms with Gasteiger partial charge in [0.15, 0.2) is 0 Å². The number of non-ortho nitro benzene ring substituents is 1. The van der Waals surface area contributed by atoms with E-state index in [0.29, 0.717) is 13.1 Å². The molecule has 1 aliphatic heterocycles. The second-order valence-corrected chi connectivity index (χ2v) is 7.00. The normalized spacial score (nSPS) is 17.6. The molecule has 8 heteroatoms. The molecule has 6 nitrogen and oxygen atoms in total. The molecule has 1 aliphatic rings. The molecule has 0 saturated carbocycles. The Morgan fingerprint density at radius 2 is 1.75 bits per heavy atom. The third-order valence-corrected chi connectivity index (χ3v) is 5.69. The van der Waals surface area contributed by atoms with E-state index in [1.807, 2.05) is 0 Å². The first-order valence-corrected chi connectivity index (χ1v) is 8.19. The first-order chi connectivity index (χ1) is 9.43. The van der Waals surface area contributed by atoms with Crippen LogP contribution in [0.5, 0.6) is 0 Å². The van der Waals surface area contributed by atoms with Crippen LogP contribution in [0.3, 0.4) is 0 Å². The third kappa shape index (κ3) is 3.11. The number of nitro benzene ring substituents is 1. The fourth-order valence-corrected chi connectivity index (χ4v) is 4.26. The van der Waals surface area contributed by atoms with Gasteiger partial charge in [-0.25, -0.2) is 8.42 Å². The lowest BCUT2D eigenvalue weighted by Crippen LogP contribution is -2.32. The highest BCUT2D eigenvalue weighted by Crippen LogP contribution is 2.29. The molecular formula is C12H15ClN2O4S. The van der Waals surface area contributed by atoms with Crippen LogP contribution in [0.2, 0.25) is 5.02 Å². The van der Waals surface area contributed by atoms with Crippen molar-refractivity contribution in [3.63, 3.8) is 0 Å². The van der Waals surface area contributed by atoms with E-state index in [-0.39, 0.29) is 15.6 Å². The molecule has 0 amide bonds. The van der Waals surface area contributed by atoms with Gasteiger partial charge in [0.1, 0.15) is 4.90 Å². The van der Waals surface area contributed by atoms with Crippen molar-refractivity contribution < 1.29 is 13.3 Å². The first-order valence-electron chi connectivity index (χ1n) is 6.37. The van der Waals surface area contributed by atoms with Crippen molar-refractivity contribution in [2.45, 2.75) is 30.6 Å². The van der Waals surface area contributed by atoms with Gasteiger partial charge in [-0.1, -0.05) is 24.4 Å². The van der Waals surface area contributed by atoms with Gasteiger partial charge >= 0.3 is 0 Å². The van der Waals surface area contributed by atoms with Gasteiger partial charge in [0.25, 0.3) is 5.69 Å². The average Bonchev–Trinajstić information content (AvgIpc) is 2.67. The molecule has 2 rings (SSSR count). The molecule has 0 unspecified atom stereocenters. The Balaban J connectivity index is 2.36. The fraction of sp³-hybridized carbons (Fsp3) is 0.500. The van der Waals surface area contributed by atoms with E-state index in [1.54, 1.807) is 0 Å². The summed E-state index contributed by atoms with van der Waals surface area (Å²) in [7, 11) is -3.68. The van der Waals surface area contributed by atoms with E-state index in [9.17, 15) is 18.5 Å².